The van der Waals surface area contributed by atoms with Gasteiger partial charge in [-0.05, 0) is 31.2 Å². The second-order valence-electron chi connectivity index (χ2n) is 5.48. The average molecular weight is 392 g/mol. The normalized spacial score (nSPS) is 12.0. The Morgan fingerprint density at radius 3 is 2.78 bits per heavy atom. The molecule has 0 fully saturated rings. The lowest BCUT2D eigenvalue weighted by molar-refractivity contribution is -0.150. The Bertz CT molecular complexity index is 959. The molecule has 1 aromatic heterocycles. The summed E-state index contributed by atoms with van der Waals surface area (Å²) in [5, 5.41) is 2.54. The Hall–Kier alpha value is -2.94. The third-order valence-corrected chi connectivity index (χ3v) is 4.26. The van der Waals surface area contributed by atoms with Crippen molar-refractivity contribution in [2.45, 2.75) is 18.3 Å². The van der Waals surface area contributed by atoms with Crippen molar-refractivity contribution in [1.29, 1.82) is 0 Å². The van der Waals surface area contributed by atoms with Gasteiger partial charge >= 0.3 is 5.97 Å². The molecule has 0 radical (unpaired) electrons. The van der Waals surface area contributed by atoms with Gasteiger partial charge in [0.2, 0.25) is 0 Å². The number of benzene rings is 2. The van der Waals surface area contributed by atoms with E-state index in [1.165, 1.54) is 6.92 Å². The van der Waals surface area contributed by atoms with Gasteiger partial charge < -0.3 is 14.5 Å². The number of thioether (sulfide) groups is 1. The molecule has 2 aromatic carbocycles. The predicted molar refractivity (Wildman–Crippen MR) is 95.3 cm³/mol. The van der Waals surface area contributed by atoms with Crippen molar-refractivity contribution in [2.75, 3.05) is 11.1 Å². The summed E-state index contributed by atoms with van der Waals surface area (Å²) in [5.41, 5.74) is 1.06. The molecule has 1 atom stereocenters. The van der Waals surface area contributed by atoms with E-state index in [1.54, 1.807) is 18.2 Å². The molecular formula is C18H14F2N2O4S. The summed E-state index contributed by atoms with van der Waals surface area (Å²) in [4.78, 5) is 28.1. The van der Waals surface area contributed by atoms with E-state index >= 15 is 0 Å². The zero-order valence-corrected chi connectivity index (χ0v) is 14.9. The Balaban J connectivity index is 1.51. The van der Waals surface area contributed by atoms with E-state index in [9.17, 15) is 18.4 Å². The largest absolute Gasteiger partial charge is 0.452 e. The maximum atomic E-state index is 13.5. The van der Waals surface area contributed by atoms with Crippen molar-refractivity contribution in [2.24, 2.45) is 0 Å². The van der Waals surface area contributed by atoms with Crippen LogP contribution in [0.1, 0.15) is 6.92 Å². The molecule has 0 bridgehead atoms. The highest BCUT2D eigenvalue weighted by Gasteiger charge is 2.20. The molecule has 9 heteroatoms. The van der Waals surface area contributed by atoms with E-state index in [4.69, 9.17) is 9.15 Å². The fraction of sp³-hybridized carbons (Fsp3) is 0.167. The number of oxazole rings is 1. The number of anilines is 1. The van der Waals surface area contributed by atoms with Gasteiger partial charge in [0.25, 0.3) is 11.1 Å². The maximum absolute atomic E-state index is 13.5. The SMILES string of the molecule is C[C@@H](OC(=O)CSc1nc2ccccc2o1)C(=O)Nc1ccc(F)cc1F. The van der Waals surface area contributed by atoms with E-state index in [1.807, 2.05) is 6.07 Å². The number of halogens is 2. The van der Waals surface area contributed by atoms with Gasteiger partial charge in [-0.1, -0.05) is 23.9 Å². The first kappa shape index (κ1) is 18.8. The van der Waals surface area contributed by atoms with Crippen LogP contribution in [-0.2, 0) is 14.3 Å². The average Bonchev–Trinajstić information content (AvgIpc) is 3.05. The van der Waals surface area contributed by atoms with Crippen LogP contribution in [0.15, 0.2) is 52.1 Å². The van der Waals surface area contributed by atoms with Crippen molar-refractivity contribution in [1.82, 2.24) is 4.98 Å². The van der Waals surface area contributed by atoms with Crippen molar-refractivity contribution in [3.63, 3.8) is 0 Å². The number of hydrogen-bond acceptors (Lipinski definition) is 6. The molecule has 3 rings (SSSR count). The monoisotopic (exact) mass is 392 g/mol. The minimum absolute atomic E-state index is 0.116. The lowest BCUT2D eigenvalue weighted by Gasteiger charge is -2.13. The van der Waals surface area contributed by atoms with Gasteiger partial charge in [0, 0.05) is 6.07 Å². The second-order valence-corrected chi connectivity index (χ2v) is 6.41. The number of esters is 1. The van der Waals surface area contributed by atoms with Crippen LogP contribution >= 0.6 is 11.8 Å². The minimum atomic E-state index is -1.16. The number of aromatic nitrogens is 1. The molecule has 0 spiro atoms. The van der Waals surface area contributed by atoms with E-state index < -0.39 is 29.6 Å². The van der Waals surface area contributed by atoms with Crippen molar-refractivity contribution in [3.05, 3.63) is 54.1 Å². The van der Waals surface area contributed by atoms with E-state index in [2.05, 4.69) is 10.3 Å². The van der Waals surface area contributed by atoms with Crippen LogP contribution in [0.2, 0.25) is 0 Å². The Morgan fingerprint density at radius 1 is 1.26 bits per heavy atom. The van der Waals surface area contributed by atoms with Gasteiger partial charge in [-0.15, -0.1) is 0 Å². The minimum Gasteiger partial charge on any atom is -0.452 e. The van der Waals surface area contributed by atoms with Crippen LogP contribution < -0.4 is 5.32 Å². The molecule has 1 heterocycles. The third kappa shape index (κ3) is 4.82. The summed E-state index contributed by atoms with van der Waals surface area (Å²) in [6.45, 7) is 1.35. The number of nitrogens with one attached hydrogen (secondary N) is 1. The van der Waals surface area contributed by atoms with Gasteiger partial charge in [0.1, 0.15) is 22.9 Å². The lowest BCUT2D eigenvalue weighted by atomic mass is 10.2. The van der Waals surface area contributed by atoms with Gasteiger partial charge in [-0.25, -0.2) is 13.8 Å². The van der Waals surface area contributed by atoms with Crippen LogP contribution in [-0.4, -0.2) is 28.7 Å². The number of hydrogen-bond donors (Lipinski definition) is 1. The van der Waals surface area contributed by atoms with E-state index in [-0.39, 0.29) is 11.4 Å². The van der Waals surface area contributed by atoms with Crippen molar-refractivity contribution >= 4 is 40.4 Å². The van der Waals surface area contributed by atoms with Crippen LogP contribution in [0.4, 0.5) is 14.5 Å². The fourth-order valence-electron chi connectivity index (χ4n) is 2.14. The molecule has 0 saturated heterocycles. The maximum Gasteiger partial charge on any atom is 0.317 e. The number of carbonyl (C=O) groups excluding carboxylic acids is 2. The number of para-hydroxylation sites is 2. The zero-order valence-electron chi connectivity index (χ0n) is 14.1. The van der Waals surface area contributed by atoms with Crippen molar-refractivity contribution < 1.29 is 27.5 Å². The Morgan fingerprint density at radius 2 is 2.04 bits per heavy atom. The number of amides is 1. The van der Waals surface area contributed by atoms with Crippen LogP contribution in [0, 0.1) is 11.6 Å². The molecule has 1 N–H and O–H groups in total. The fourth-order valence-corrected chi connectivity index (χ4v) is 2.76. The molecule has 27 heavy (non-hydrogen) atoms. The number of rotatable bonds is 6. The molecule has 1 amide bonds. The molecule has 0 unspecified atom stereocenters. The quantitative estimate of drug-likeness (QED) is 0.508. The Labute approximate surface area is 156 Å². The first-order chi connectivity index (χ1) is 12.9. The Kier molecular flexibility index (Phi) is 5.70. The summed E-state index contributed by atoms with van der Waals surface area (Å²) in [6.07, 6.45) is -1.16. The summed E-state index contributed by atoms with van der Waals surface area (Å²) in [7, 11) is 0. The first-order valence-electron chi connectivity index (χ1n) is 7.86. The molecule has 3 aromatic rings. The zero-order chi connectivity index (χ0) is 19.4. The van der Waals surface area contributed by atoms with E-state index in [0.29, 0.717) is 22.4 Å². The number of ether oxygens (including phenoxy) is 1. The third-order valence-electron chi connectivity index (χ3n) is 3.45. The highest BCUT2D eigenvalue weighted by atomic mass is 32.2. The molecule has 0 aliphatic rings. The standard InChI is InChI=1S/C18H14F2N2O4S/c1-10(17(24)21-13-7-6-11(19)8-12(13)20)25-16(23)9-27-18-22-14-4-2-3-5-15(14)26-18/h2-8,10H,9H2,1H3,(H,21,24)/t10-/m1/s1. The smallest absolute Gasteiger partial charge is 0.317 e. The topological polar surface area (TPSA) is 81.4 Å². The summed E-state index contributed by atoms with van der Waals surface area (Å²) in [6, 6.07) is 9.89. The number of fused-ring (bicyclic) bond motifs is 1. The van der Waals surface area contributed by atoms with Gasteiger partial charge in [-0.3, -0.25) is 9.59 Å². The van der Waals surface area contributed by atoms with Crippen molar-refractivity contribution in [3.8, 4) is 0 Å². The molecule has 140 valence electrons. The molecule has 0 aliphatic carbocycles. The van der Waals surface area contributed by atoms with Crippen LogP contribution in [0.25, 0.3) is 11.1 Å². The van der Waals surface area contributed by atoms with Gasteiger partial charge in [-0.2, -0.15) is 0 Å². The van der Waals surface area contributed by atoms with E-state index in [0.717, 1.165) is 23.9 Å². The lowest BCUT2D eigenvalue weighted by Crippen LogP contribution is -2.30. The predicted octanol–water partition coefficient (Wildman–Crippen LogP) is 3.77. The highest BCUT2D eigenvalue weighted by molar-refractivity contribution is 7.99. The summed E-state index contributed by atoms with van der Waals surface area (Å²) < 4.78 is 36.9. The summed E-state index contributed by atoms with van der Waals surface area (Å²) >= 11 is 1.03. The summed E-state index contributed by atoms with van der Waals surface area (Å²) in [5.74, 6) is -3.20. The van der Waals surface area contributed by atoms with Gasteiger partial charge in [0.15, 0.2) is 11.7 Å². The second kappa shape index (κ2) is 8.17. The molecule has 0 aliphatic heterocycles. The van der Waals surface area contributed by atoms with Crippen LogP contribution in [0.3, 0.4) is 0 Å². The highest BCUT2D eigenvalue weighted by Crippen LogP contribution is 2.23. The number of carbonyl (C=O) groups is 2. The number of nitrogens with zero attached hydrogens (tertiary/aromatic N) is 1. The van der Waals surface area contributed by atoms with Gasteiger partial charge in [0.05, 0.1) is 5.69 Å². The van der Waals surface area contributed by atoms with Crippen LogP contribution in [0.5, 0.6) is 0 Å². The molecular weight excluding hydrogens is 378 g/mol. The molecule has 0 saturated carbocycles. The molecule has 6 nitrogen and oxygen atoms in total. The first-order valence-corrected chi connectivity index (χ1v) is 8.84.